The van der Waals surface area contributed by atoms with E-state index in [1.165, 1.54) is 19.3 Å². The minimum atomic E-state index is -0.535. The molecule has 1 fully saturated rings. The highest BCUT2D eigenvalue weighted by molar-refractivity contribution is 6.14. The van der Waals surface area contributed by atoms with Crippen molar-refractivity contribution in [1.82, 2.24) is 0 Å². The lowest BCUT2D eigenvalue weighted by atomic mass is 9.62. The van der Waals surface area contributed by atoms with Crippen molar-refractivity contribution in [1.29, 1.82) is 0 Å². The normalized spacial score (nSPS) is 25.5. The first-order valence-electron chi connectivity index (χ1n) is 4.58. The van der Waals surface area contributed by atoms with Crippen LogP contribution in [0.15, 0.2) is 12.7 Å². The Morgan fingerprint density at radius 3 is 2.50 bits per heavy atom. The van der Waals surface area contributed by atoms with Crippen LogP contribution in [-0.2, 0) is 4.74 Å². The Balaban J connectivity index is 2.59. The first kappa shape index (κ1) is 9.85. The molecule has 2 heteroatoms. The molecule has 0 aromatic rings. The summed E-state index contributed by atoms with van der Waals surface area (Å²) in [6.45, 7) is 5.75. The van der Waals surface area contributed by atoms with Crippen LogP contribution in [0.2, 0.25) is 0 Å². The Labute approximate surface area is 76.6 Å². The van der Waals surface area contributed by atoms with Crippen LogP contribution >= 0.6 is 0 Å². The van der Waals surface area contributed by atoms with E-state index in [4.69, 9.17) is 12.6 Å². The van der Waals surface area contributed by atoms with E-state index in [1.807, 2.05) is 13.0 Å². The fourth-order valence-electron chi connectivity index (χ4n) is 1.83. The van der Waals surface area contributed by atoms with Gasteiger partial charge in [-0.1, -0.05) is 12.5 Å². The van der Waals surface area contributed by atoms with Crippen molar-refractivity contribution in [2.45, 2.75) is 31.7 Å². The molecule has 1 nitrogen and oxygen atoms in total. The molecule has 2 radical (unpaired) electrons. The molecular weight excluding hydrogens is 147 g/mol. The average molecular weight is 164 g/mol. The molecule has 0 aliphatic heterocycles. The highest BCUT2D eigenvalue weighted by Crippen LogP contribution is 2.39. The molecule has 0 aromatic heterocycles. The Morgan fingerprint density at radius 2 is 2.25 bits per heavy atom. The molecule has 1 rings (SSSR count). The molecule has 2 atom stereocenters. The number of hydrogen-bond acceptors (Lipinski definition) is 1. The Hall–Kier alpha value is -0.235. The summed E-state index contributed by atoms with van der Waals surface area (Å²) in [4.78, 5) is 0. The smallest absolute Gasteiger partial charge is 0.114 e. The molecule has 1 aliphatic rings. The van der Waals surface area contributed by atoms with Gasteiger partial charge in [-0.15, -0.1) is 6.58 Å². The second-order valence-electron chi connectivity index (χ2n) is 3.84. The molecule has 0 spiro atoms. The first-order valence-corrected chi connectivity index (χ1v) is 4.58. The third-order valence-electron chi connectivity index (χ3n) is 3.01. The summed E-state index contributed by atoms with van der Waals surface area (Å²) in [5, 5.41) is 0. The highest BCUT2D eigenvalue weighted by Gasteiger charge is 2.35. The average Bonchev–Trinajstić information content (AvgIpc) is 1.96. The number of ether oxygens (including phenoxy) is 1. The number of hydrogen-bond donors (Lipinski definition) is 0. The zero-order valence-electron chi connectivity index (χ0n) is 8.05. The van der Waals surface area contributed by atoms with Gasteiger partial charge in [-0.25, -0.2) is 0 Å². The fraction of sp³-hybridized carbons (Fsp3) is 0.800. The molecule has 0 N–H and O–H groups in total. The van der Waals surface area contributed by atoms with Crippen molar-refractivity contribution in [3.8, 4) is 0 Å². The van der Waals surface area contributed by atoms with Gasteiger partial charge < -0.3 is 4.74 Å². The maximum Gasteiger partial charge on any atom is 0.114 e. The molecule has 0 bridgehead atoms. The van der Waals surface area contributed by atoms with Crippen LogP contribution in [0.4, 0.5) is 0 Å². The quantitative estimate of drug-likeness (QED) is 0.456. The van der Waals surface area contributed by atoms with E-state index >= 15 is 0 Å². The predicted octanol–water partition coefficient (Wildman–Crippen LogP) is 2.12. The first-order chi connectivity index (χ1) is 5.61. The monoisotopic (exact) mass is 164 g/mol. The molecule has 1 aliphatic carbocycles. The predicted molar refractivity (Wildman–Crippen MR) is 52.2 cm³/mol. The summed E-state index contributed by atoms with van der Waals surface area (Å²) in [6, 6.07) is 0. The number of rotatable bonds is 4. The maximum atomic E-state index is 5.99. The van der Waals surface area contributed by atoms with Gasteiger partial charge in [0.25, 0.3) is 0 Å². The van der Waals surface area contributed by atoms with Gasteiger partial charge in [-0.3, -0.25) is 0 Å². The molecule has 66 valence electrons. The highest BCUT2D eigenvalue weighted by atomic mass is 16.5. The van der Waals surface area contributed by atoms with Gasteiger partial charge in [0.05, 0.1) is 0 Å². The Morgan fingerprint density at radius 1 is 1.67 bits per heavy atom. The van der Waals surface area contributed by atoms with Crippen LogP contribution in [0.1, 0.15) is 26.2 Å². The Bertz CT molecular complexity index is 161. The van der Waals surface area contributed by atoms with Crippen LogP contribution in [-0.4, -0.2) is 20.5 Å². The lowest BCUT2D eigenvalue weighted by molar-refractivity contribution is 0.00695. The van der Waals surface area contributed by atoms with Gasteiger partial charge in [0.1, 0.15) is 7.85 Å². The second kappa shape index (κ2) is 3.65. The van der Waals surface area contributed by atoms with Gasteiger partial charge in [0.15, 0.2) is 0 Å². The summed E-state index contributed by atoms with van der Waals surface area (Å²) in [6.07, 6.45) is 5.81. The molecule has 0 amide bonds. The van der Waals surface area contributed by atoms with E-state index in [1.54, 1.807) is 7.11 Å². The zero-order chi connectivity index (χ0) is 9.19. The Kier molecular flexibility index (Phi) is 3.00. The van der Waals surface area contributed by atoms with E-state index in [9.17, 15) is 0 Å². The van der Waals surface area contributed by atoms with Crippen LogP contribution in [0.25, 0.3) is 0 Å². The van der Waals surface area contributed by atoms with Crippen LogP contribution in [0, 0.1) is 11.8 Å². The molecule has 0 heterocycles. The molecule has 0 saturated heterocycles. The van der Waals surface area contributed by atoms with E-state index in [2.05, 4.69) is 6.58 Å². The van der Waals surface area contributed by atoms with Gasteiger partial charge in [-0.05, 0) is 31.6 Å². The lowest BCUT2D eigenvalue weighted by Crippen LogP contribution is -2.42. The topological polar surface area (TPSA) is 9.23 Å². The zero-order valence-corrected chi connectivity index (χ0v) is 8.05. The van der Waals surface area contributed by atoms with Crippen molar-refractivity contribution >= 4 is 7.85 Å². The third-order valence-corrected chi connectivity index (χ3v) is 3.01. The van der Waals surface area contributed by atoms with E-state index in [-0.39, 0.29) is 0 Å². The molecule has 2 unspecified atom stereocenters. The molecule has 12 heavy (non-hydrogen) atoms. The minimum absolute atomic E-state index is 0.302. The molecule has 0 aromatic carbocycles. The van der Waals surface area contributed by atoms with Crippen LogP contribution in [0.5, 0.6) is 0 Å². The van der Waals surface area contributed by atoms with Crippen molar-refractivity contribution < 1.29 is 4.74 Å². The second-order valence-corrected chi connectivity index (χ2v) is 3.84. The van der Waals surface area contributed by atoms with Crippen LogP contribution < -0.4 is 0 Å². The summed E-state index contributed by atoms with van der Waals surface area (Å²) in [5.41, 5.74) is -0.535. The van der Waals surface area contributed by atoms with Crippen molar-refractivity contribution in [2.75, 3.05) is 7.11 Å². The lowest BCUT2D eigenvalue weighted by Gasteiger charge is -2.41. The van der Waals surface area contributed by atoms with E-state index in [0.717, 1.165) is 0 Å². The number of methoxy groups -OCH3 is 1. The third kappa shape index (κ3) is 1.74. The molecule has 1 saturated carbocycles. The minimum Gasteiger partial charge on any atom is -0.388 e. The van der Waals surface area contributed by atoms with E-state index in [0.29, 0.717) is 11.8 Å². The van der Waals surface area contributed by atoms with Gasteiger partial charge in [-0.2, -0.15) is 0 Å². The van der Waals surface area contributed by atoms with Gasteiger partial charge in [0.2, 0.25) is 0 Å². The van der Waals surface area contributed by atoms with Crippen molar-refractivity contribution in [3.05, 3.63) is 12.7 Å². The van der Waals surface area contributed by atoms with Crippen LogP contribution in [0.3, 0.4) is 0 Å². The van der Waals surface area contributed by atoms with Gasteiger partial charge in [0, 0.05) is 12.6 Å². The van der Waals surface area contributed by atoms with Crippen molar-refractivity contribution in [3.63, 3.8) is 0 Å². The van der Waals surface area contributed by atoms with Crippen molar-refractivity contribution in [2.24, 2.45) is 11.8 Å². The summed E-state index contributed by atoms with van der Waals surface area (Å²) in [5.74, 6) is 0.994. The molecular formula is C10H17BO. The summed E-state index contributed by atoms with van der Waals surface area (Å²) in [7, 11) is 7.65. The summed E-state index contributed by atoms with van der Waals surface area (Å²) >= 11 is 0. The standard InChI is InChI=1S/C10H17BO/c1-4-9(8-6-5-7-8)10(2,11)12-3/h4,8-9H,1,5-7H2,2-3H3. The van der Waals surface area contributed by atoms with E-state index < -0.39 is 5.50 Å². The van der Waals surface area contributed by atoms with Gasteiger partial charge >= 0.3 is 0 Å². The largest absolute Gasteiger partial charge is 0.388 e. The maximum absolute atomic E-state index is 5.99. The SMILES string of the molecule is [B]C(C)(OC)C(C=C)C1CCC1. The summed E-state index contributed by atoms with van der Waals surface area (Å²) < 4.78 is 5.25. The fourth-order valence-corrected chi connectivity index (χ4v) is 1.83.